The Labute approximate surface area is 158 Å². The van der Waals surface area contributed by atoms with E-state index in [-0.39, 0.29) is 17.5 Å². The predicted molar refractivity (Wildman–Crippen MR) is 105 cm³/mol. The number of hydrogen-bond acceptors (Lipinski definition) is 7. The van der Waals surface area contributed by atoms with Crippen molar-refractivity contribution in [2.24, 2.45) is 10.7 Å². The first kappa shape index (κ1) is 18.1. The number of thioether (sulfide) groups is 1. The molecule has 0 bridgehead atoms. The standard InChI is InChI=1S/C16H17N7OS2/c1-9-3-5-11(6-4-9)18-14(17)21-15-19-12(7-13(24)20-15)8-25-16-23-22-10(2)26-16/h3-7H,8H2,1-2H3,(H4,17,18,19,20,21,24). The molecule has 0 atom stereocenters. The van der Waals surface area contributed by atoms with Crippen molar-refractivity contribution in [2.75, 3.05) is 5.32 Å². The lowest BCUT2D eigenvalue weighted by Crippen LogP contribution is -2.22. The number of guanidine groups is 1. The number of aliphatic imine (C=N–C) groups is 1. The van der Waals surface area contributed by atoms with Crippen LogP contribution in [0, 0.1) is 13.8 Å². The third kappa shape index (κ3) is 5.14. The van der Waals surface area contributed by atoms with Gasteiger partial charge in [0.1, 0.15) is 5.01 Å². The molecule has 1 aromatic carbocycles. The molecule has 134 valence electrons. The highest BCUT2D eigenvalue weighted by atomic mass is 32.2. The minimum absolute atomic E-state index is 0.140. The van der Waals surface area contributed by atoms with Gasteiger partial charge in [-0.05, 0) is 26.0 Å². The van der Waals surface area contributed by atoms with Crippen LogP contribution in [0.4, 0.5) is 11.6 Å². The number of benzene rings is 1. The predicted octanol–water partition coefficient (Wildman–Crippen LogP) is 2.59. The van der Waals surface area contributed by atoms with E-state index in [9.17, 15) is 4.79 Å². The molecular formula is C16H17N7OS2. The van der Waals surface area contributed by atoms with Gasteiger partial charge in [0.2, 0.25) is 11.9 Å². The van der Waals surface area contributed by atoms with Gasteiger partial charge in [-0.1, -0.05) is 40.8 Å². The Balaban J connectivity index is 1.71. The molecule has 26 heavy (non-hydrogen) atoms. The van der Waals surface area contributed by atoms with E-state index in [1.54, 1.807) is 0 Å². The number of H-pyrrole nitrogens is 1. The number of hydrogen-bond donors (Lipinski definition) is 3. The summed E-state index contributed by atoms with van der Waals surface area (Å²) in [6.07, 6.45) is 0. The molecule has 0 aliphatic carbocycles. The van der Waals surface area contributed by atoms with E-state index in [4.69, 9.17) is 5.73 Å². The number of aryl methyl sites for hydroxylation is 2. The Morgan fingerprint density at radius 1 is 1.31 bits per heavy atom. The fourth-order valence-corrected chi connectivity index (χ4v) is 3.73. The molecule has 8 nitrogen and oxygen atoms in total. The van der Waals surface area contributed by atoms with Crippen molar-refractivity contribution in [3.63, 3.8) is 0 Å². The Hall–Kier alpha value is -2.72. The van der Waals surface area contributed by atoms with Crippen LogP contribution in [0.25, 0.3) is 0 Å². The molecular weight excluding hydrogens is 370 g/mol. The normalized spacial score (nSPS) is 11.5. The van der Waals surface area contributed by atoms with E-state index >= 15 is 0 Å². The summed E-state index contributed by atoms with van der Waals surface area (Å²) in [6, 6.07) is 9.14. The minimum Gasteiger partial charge on any atom is -0.369 e. The van der Waals surface area contributed by atoms with E-state index in [0.29, 0.717) is 11.4 Å². The van der Waals surface area contributed by atoms with Crippen molar-refractivity contribution < 1.29 is 0 Å². The zero-order valence-electron chi connectivity index (χ0n) is 14.2. The van der Waals surface area contributed by atoms with Gasteiger partial charge in [0, 0.05) is 17.5 Å². The number of nitrogens with zero attached hydrogens (tertiary/aromatic N) is 4. The number of aromatic nitrogens is 4. The molecule has 4 N–H and O–H groups in total. The lowest BCUT2D eigenvalue weighted by Gasteiger charge is -2.06. The van der Waals surface area contributed by atoms with Crippen LogP contribution < -0.4 is 16.6 Å². The summed E-state index contributed by atoms with van der Waals surface area (Å²) in [7, 11) is 0. The summed E-state index contributed by atoms with van der Waals surface area (Å²) in [6.45, 7) is 3.90. The van der Waals surface area contributed by atoms with Gasteiger partial charge in [-0.2, -0.15) is 4.99 Å². The molecule has 0 spiro atoms. The summed E-state index contributed by atoms with van der Waals surface area (Å²) < 4.78 is 0.829. The highest BCUT2D eigenvalue weighted by Gasteiger charge is 2.06. The Bertz CT molecular complexity index is 979. The van der Waals surface area contributed by atoms with Crippen LogP contribution in [0.1, 0.15) is 16.3 Å². The lowest BCUT2D eigenvalue weighted by atomic mass is 10.2. The monoisotopic (exact) mass is 387 g/mol. The van der Waals surface area contributed by atoms with Crippen molar-refractivity contribution in [2.45, 2.75) is 23.9 Å². The molecule has 0 saturated carbocycles. The van der Waals surface area contributed by atoms with Gasteiger partial charge in [0.25, 0.3) is 5.56 Å². The van der Waals surface area contributed by atoms with E-state index in [1.807, 2.05) is 38.1 Å². The maximum absolute atomic E-state index is 11.8. The first-order valence-corrected chi connectivity index (χ1v) is 9.49. The van der Waals surface area contributed by atoms with Gasteiger partial charge in [0.05, 0.1) is 5.69 Å². The molecule has 2 heterocycles. The average Bonchev–Trinajstić information content (AvgIpc) is 3.00. The summed E-state index contributed by atoms with van der Waals surface area (Å²) in [5.41, 5.74) is 8.15. The van der Waals surface area contributed by atoms with Crippen LogP contribution in [-0.2, 0) is 5.75 Å². The SMILES string of the molecule is Cc1ccc(N/C(N)=N/c2nc(CSc3nnc(C)s3)cc(=O)[nH]2)cc1. The number of nitrogens with two attached hydrogens (primary N) is 1. The second kappa shape index (κ2) is 8.11. The molecule has 0 radical (unpaired) electrons. The zero-order valence-corrected chi connectivity index (χ0v) is 15.8. The van der Waals surface area contributed by atoms with E-state index in [1.165, 1.54) is 29.2 Å². The maximum Gasteiger partial charge on any atom is 0.252 e. The number of aromatic amines is 1. The van der Waals surface area contributed by atoms with Crippen LogP contribution in [0.2, 0.25) is 0 Å². The van der Waals surface area contributed by atoms with E-state index in [2.05, 4.69) is 30.5 Å². The third-order valence-electron chi connectivity index (χ3n) is 3.18. The zero-order chi connectivity index (χ0) is 18.5. The Morgan fingerprint density at radius 2 is 2.08 bits per heavy atom. The van der Waals surface area contributed by atoms with Gasteiger partial charge >= 0.3 is 0 Å². The Kier molecular flexibility index (Phi) is 5.64. The van der Waals surface area contributed by atoms with Crippen molar-refractivity contribution in [1.82, 2.24) is 20.2 Å². The molecule has 0 saturated heterocycles. The number of anilines is 1. The third-order valence-corrected chi connectivity index (χ3v) is 5.19. The van der Waals surface area contributed by atoms with E-state index < -0.39 is 0 Å². The average molecular weight is 387 g/mol. The van der Waals surface area contributed by atoms with Gasteiger partial charge in [-0.3, -0.25) is 9.78 Å². The van der Waals surface area contributed by atoms with Crippen LogP contribution in [0.15, 0.2) is 44.5 Å². The first-order valence-electron chi connectivity index (χ1n) is 7.69. The van der Waals surface area contributed by atoms with Crippen LogP contribution >= 0.6 is 23.1 Å². The first-order chi connectivity index (χ1) is 12.5. The fraction of sp³-hybridized carbons (Fsp3) is 0.188. The largest absolute Gasteiger partial charge is 0.369 e. The summed E-state index contributed by atoms with van der Waals surface area (Å²) >= 11 is 2.97. The van der Waals surface area contributed by atoms with Gasteiger partial charge in [-0.15, -0.1) is 10.2 Å². The molecule has 0 aliphatic heterocycles. The molecule has 0 aliphatic rings. The molecule has 3 aromatic rings. The maximum atomic E-state index is 11.8. The second-order valence-corrected chi connectivity index (χ2v) is 7.83. The Morgan fingerprint density at radius 3 is 2.77 bits per heavy atom. The minimum atomic E-state index is -0.286. The van der Waals surface area contributed by atoms with Crippen molar-refractivity contribution in [3.8, 4) is 0 Å². The molecule has 0 fully saturated rings. The smallest absolute Gasteiger partial charge is 0.252 e. The van der Waals surface area contributed by atoms with Crippen LogP contribution in [0.3, 0.4) is 0 Å². The highest BCUT2D eigenvalue weighted by molar-refractivity contribution is 8.00. The molecule has 0 amide bonds. The molecule has 0 unspecified atom stereocenters. The van der Waals surface area contributed by atoms with Crippen molar-refractivity contribution in [3.05, 3.63) is 57.0 Å². The van der Waals surface area contributed by atoms with Gasteiger partial charge in [0.15, 0.2) is 4.34 Å². The summed E-state index contributed by atoms with van der Waals surface area (Å²) in [5.74, 6) is 0.784. The summed E-state index contributed by atoms with van der Waals surface area (Å²) in [5, 5.41) is 11.9. The van der Waals surface area contributed by atoms with Crippen molar-refractivity contribution in [1.29, 1.82) is 0 Å². The molecule has 2 aromatic heterocycles. The number of nitrogens with one attached hydrogen (secondary N) is 2. The lowest BCUT2D eigenvalue weighted by molar-refractivity contribution is 0.981. The quantitative estimate of drug-likeness (QED) is 0.349. The second-order valence-electron chi connectivity index (χ2n) is 5.42. The highest BCUT2D eigenvalue weighted by Crippen LogP contribution is 2.24. The van der Waals surface area contributed by atoms with Gasteiger partial charge < -0.3 is 11.1 Å². The van der Waals surface area contributed by atoms with Crippen LogP contribution in [0.5, 0.6) is 0 Å². The van der Waals surface area contributed by atoms with Gasteiger partial charge in [-0.25, -0.2) is 4.98 Å². The summed E-state index contributed by atoms with van der Waals surface area (Å²) in [4.78, 5) is 22.9. The topological polar surface area (TPSA) is 122 Å². The fourth-order valence-electron chi connectivity index (χ4n) is 2.02. The van der Waals surface area contributed by atoms with Crippen LogP contribution in [-0.4, -0.2) is 26.1 Å². The van der Waals surface area contributed by atoms with Crippen molar-refractivity contribution >= 4 is 40.7 Å². The number of rotatable bonds is 5. The molecule has 10 heteroatoms. The van der Waals surface area contributed by atoms with E-state index in [0.717, 1.165) is 20.6 Å². The molecule has 3 rings (SSSR count).